The summed E-state index contributed by atoms with van der Waals surface area (Å²) in [7, 11) is 1.61. The minimum atomic E-state index is -0.186. The lowest BCUT2D eigenvalue weighted by atomic mass is 9.78. The third kappa shape index (κ3) is 1.46. The number of rotatable bonds is 1. The number of allylic oxidation sites excluding steroid dienone is 3. The monoisotopic (exact) mass is 178 g/mol. The van der Waals surface area contributed by atoms with Crippen molar-refractivity contribution in [1.82, 2.24) is 0 Å². The Morgan fingerprint density at radius 2 is 2.31 bits per heavy atom. The number of carbonyl (C=O) groups excluding carboxylic acids is 1. The zero-order valence-electron chi connectivity index (χ0n) is 7.82. The Hall–Kier alpha value is -0.890. The van der Waals surface area contributed by atoms with Crippen LogP contribution in [0.25, 0.3) is 0 Å². The Kier molecular flexibility index (Phi) is 2.32. The third-order valence-corrected chi connectivity index (χ3v) is 2.91. The Labute approximate surface area is 78.3 Å². The Balaban J connectivity index is 2.22. The highest BCUT2D eigenvalue weighted by molar-refractivity contribution is 6.00. The molecular weight excluding hydrogens is 164 g/mol. The van der Waals surface area contributed by atoms with E-state index in [1.807, 2.05) is 12.2 Å². The molecule has 13 heavy (non-hydrogen) atoms. The molecule has 2 aliphatic rings. The summed E-state index contributed by atoms with van der Waals surface area (Å²) in [5, 5.41) is 0. The standard InChI is InChI=1S/C11H14O2/c1-13-10-7-6-8-4-2-3-5-9(8)11(10)12/h2-3,5,8,10H,4,6-7H2,1H3. The van der Waals surface area contributed by atoms with Gasteiger partial charge in [-0.05, 0) is 25.2 Å². The second-order valence-corrected chi connectivity index (χ2v) is 3.65. The molecule has 0 aliphatic heterocycles. The smallest absolute Gasteiger partial charge is 0.187 e. The van der Waals surface area contributed by atoms with Crippen LogP contribution >= 0.6 is 0 Å². The summed E-state index contributed by atoms with van der Waals surface area (Å²) in [5.41, 5.74) is 0.973. The molecular formula is C11H14O2. The third-order valence-electron chi connectivity index (χ3n) is 2.91. The highest BCUT2D eigenvalue weighted by Crippen LogP contribution is 2.32. The normalized spacial score (nSPS) is 32.7. The first kappa shape index (κ1) is 8.70. The van der Waals surface area contributed by atoms with Crippen LogP contribution < -0.4 is 0 Å². The predicted octanol–water partition coefficient (Wildman–Crippen LogP) is 1.87. The molecule has 2 heteroatoms. The molecule has 2 rings (SSSR count). The van der Waals surface area contributed by atoms with E-state index in [1.165, 1.54) is 0 Å². The fourth-order valence-electron chi connectivity index (χ4n) is 2.13. The zero-order valence-corrected chi connectivity index (χ0v) is 7.82. The molecule has 2 atom stereocenters. The first-order chi connectivity index (χ1) is 6.33. The van der Waals surface area contributed by atoms with Crippen molar-refractivity contribution < 1.29 is 9.53 Å². The summed E-state index contributed by atoms with van der Waals surface area (Å²) < 4.78 is 5.14. The van der Waals surface area contributed by atoms with E-state index in [1.54, 1.807) is 7.11 Å². The molecule has 0 aromatic rings. The van der Waals surface area contributed by atoms with Crippen molar-refractivity contribution in [3.8, 4) is 0 Å². The van der Waals surface area contributed by atoms with Crippen LogP contribution in [0.4, 0.5) is 0 Å². The van der Waals surface area contributed by atoms with E-state index in [9.17, 15) is 4.79 Å². The first-order valence-corrected chi connectivity index (χ1v) is 4.76. The number of hydrogen-bond acceptors (Lipinski definition) is 2. The first-order valence-electron chi connectivity index (χ1n) is 4.76. The molecule has 2 aliphatic carbocycles. The fourth-order valence-corrected chi connectivity index (χ4v) is 2.13. The van der Waals surface area contributed by atoms with E-state index in [-0.39, 0.29) is 11.9 Å². The molecule has 0 heterocycles. The molecule has 0 bridgehead atoms. The molecule has 2 unspecified atom stereocenters. The maximum absolute atomic E-state index is 11.8. The molecule has 0 N–H and O–H groups in total. The number of fused-ring (bicyclic) bond motifs is 1. The van der Waals surface area contributed by atoms with Crippen molar-refractivity contribution in [2.75, 3.05) is 7.11 Å². The van der Waals surface area contributed by atoms with Gasteiger partial charge < -0.3 is 4.74 Å². The topological polar surface area (TPSA) is 26.3 Å². The van der Waals surface area contributed by atoms with Crippen molar-refractivity contribution in [2.24, 2.45) is 5.92 Å². The summed E-state index contributed by atoms with van der Waals surface area (Å²) in [6.07, 6.45) is 8.85. The lowest BCUT2D eigenvalue weighted by molar-refractivity contribution is -0.127. The van der Waals surface area contributed by atoms with Gasteiger partial charge in [0.15, 0.2) is 5.78 Å². The molecule has 1 saturated carbocycles. The lowest BCUT2D eigenvalue weighted by Crippen LogP contribution is -2.33. The van der Waals surface area contributed by atoms with Crippen LogP contribution in [-0.4, -0.2) is 19.0 Å². The van der Waals surface area contributed by atoms with Crippen molar-refractivity contribution in [3.05, 3.63) is 23.8 Å². The van der Waals surface area contributed by atoms with E-state index >= 15 is 0 Å². The number of ketones is 1. The zero-order chi connectivity index (χ0) is 9.26. The molecule has 1 fully saturated rings. The fraction of sp³-hybridized carbons (Fsp3) is 0.545. The number of carbonyl (C=O) groups is 1. The van der Waals surface area contributed by atoms with Gasteiger partial charge >= 0.3 is 0 Å². The van der Waals surface area contributed by atoms with E-state index in [0.717, 1.165) is 24.8 Å². The van der Waals surface area contributed by atoms with E-state index in [2.05, 4.69) is 6.08 Å². The van der Waals surface area contributed by atoms with Gasteiger partial charge in [-0.2, -0.15) is 0 Å². The minimum absolute atomic E-state index is 0.186. The van der Waals surface area contributed by atoms with E-state index in [0.29, 0.717) is 5.92 Å². The van der Waals surface area contributed by atoms with Gasteiger partial charge in [-0.15, -0.1) is 0 Å². The molecule has 0 aromatic carbocycles. The van der Waals surface area contributed by atoms with Crippen molar-refractivity contribution in [1.29, 1.82) is 0 Å². The summed E-state index contributed by atoms with van der Waals surface area (Å²) in [6, 6.07) is 0. The average molecular weight is 178 g/mol. The largest absolute Gasteiger partial charge is 0.373 e. The van der Waals surface area contributed by atoms with Crippen LogP contribution in [0.5, 0.6) is 0 Å². The van der Waals surface area contributed by atoms with Gasteiger partial charge in [0.25, 0.3) is 0 Å². The maximum atomic E-state index is 11.8. The Morgan fingerprint density at radius 3 is 3.08 bits per heavy atom. The van der Waals surface area contributed by atoms with Crippen LogP contribution in [0.2, 0.25) is 0 Å². The summed E-state index contributed by atoms with van der Waals surface area (Å²) in [5.74, 6) is 0.659. The van der Waals surface area contributed by atoms with Gasteiger partial charge in [0.2, 0.25) is 0 Å². The van der Waals surface area contributed by atoms with Crippen molar-refractivity contribution >= 4 is 5.78 Å². The van der Waals surface area contributed by atoms with Gasteiger partial charge in [0.1, 0.15) is 6.10 Å². The molecule has 0 radical (unpaired) electrons. The van der Waals surface area contributed by atoms with Crippen LogP contribution in [0.3, 0.4) is 0 Å². The molecule has 0 spiro atoms. The molecule has 0 saturated heterocycles. The van der Waals surface area contributed by atoms with Crippen molar-refractivity contribution in [2.45, 2.75) is 25.4 Å². The number of Topliss-reactive ketones (excluding diaryl/α,β-unsaturated/α-hetero) is 1. The molecule has 70 valence electrons. The van der Waals surface area contributed by atoms with E-state index in [4.69, 9.17) is 4.74 Å². The van der Waals surface area contributed by atoms with Crippen LogP contribution in [0.15, 0.2) is 23.8 Å². The molecule has 0 amide bonds. The lowest BCUT2D eigenvalue weighted by Gasteiger charge is -2.29. The summed E-state index contributed by atoms with van der Waals surface area (Å²) in [4.78, 5) is 11.8. The van der Waals surface area contributed by atoms with Crippen LogP contribution in [0.1, 0.15) is 19.3 Å². The van der Waals surface area contributed by atoms with Gasteiger partial charge in [0.05, 0.1) is 0 Å². The average Bonchev–Trinajstić information content (AvgIpc) is 2.19. The van der Waals surface area contributed by atoms with Crippen LogP contribution in [0, 0.1) is 5.92 Å². The van der Waals surface area contributed by atoms with Crippen LogP contribution in [-0.2, 0) is 9.53 Å². The van der Waals surface area contributed by atoms with E-state index < -0.39 is 0 Å². The number of ether oxygens (including phenoxy) is 1. The quantitative estimate of drug-likeness (QED) is 0.612. The van der Waals surface area contributed by atoms with Gasteiger partial charge in [-0.3, -0.25) is 4.79 Å². The minimum Gasteiger partial charge on any atom is -0.373 e. The number of methoxy groups -OCH3 is 1. The summed E-state index contributed by atoms with van der Waals surface area (Å²) in [6.45, 7) is 0. The number of hydrogen-bond donors (Lipinski definition) is 0. The predicted molar refractivity (Wildman–Crippen MR) is 50.4 cm³/mol. The van der Waals surface area contributed by atoms with Gasteiger partial charge in [-0.1, -0.05) is 18.2 Å². The second kappa shape index (κ2) is 3.46. The maximum Gasteiger partial charge on any atom is 0.187 e. The second-order valence-electron chi connectivity index (χ2n) is 3.65. The highest BCUT2D eigenvalue weighted by atomic mass is 16.5. The Morgan fingerprint density at radius 1 is 1.46 bits per heavy atom. The van der Waals surface area contributed by atoms with Gasteiger partial charge in [-0.25, -0.2) is 0 Å². The Bertz CT molecular complexity index is 276. The summed E-state index contributed by atoms with van der Waals surface area (Å²) >= 11 is 0. The van der Waals surface area contributed by atoms with Gasteiger partial charge in [0, 0.05) is 12.7 Å². The highest BCUT2D eigenvalue weighted by Gasteiger charge is 2.32. The van der Waals surface area contributed by atoms with Crippen molar-refractivity contribution in [3.63, 3.8) is 0 Å². The molecule has 2 nitrogen and oxygen atoms in total. The SMILES string of the molecule is COC1CCC2CC=CC=C2C1=O. The molecule has 0 aromatic heterocycles.